The molecule has 0 atom stereocenters. The quantitative estimate of drug-likeness (QED) is 0.864. The molecule has 2 heterocycles. The van der Waals surface area contributed by atoms with Crippen molar-refractivity contribution >= 4 is 5.82 Å². The van der Waals surface area contributed by atoms with Gasteiger partial charge in [0.2, 0.25) is 0 Å². The van der Waals surface area contributed by atoms with Crippen molar-refractivity contribution in [2.75, 3.05) is 5.73 Å². The lowest BCUT2D eigenvalue weighted by molar-refractivity contribution is 0.781. The molecule has 96 valence electrons. The molecular formula is C13H18N4O. The third-order valence-electron chi connectivity index (χ3n) is 3.01. The summed E-state index contributed by atoms with van der Waals surface area (Å²) in [6, 6.07) is 1.58. The Morgan fingerprint density at radius 1 is 1.50 bits per heavy atom. The first-order valence-electron chi connectivity index (χ1n) is 6.05. The maximum atomic E-state index is 12.0. The van der Waals surface area contributed by atoms with Gasteiger partial charge in [0, 0.05) is 30.6 Å². The summed E-state index contributed by atoms with van der Waals surface area (Å²) in [6.07, 6.45) is 3.49. The standard InChI is InChI=1S/C13H18N4O/c1-4-5-9-12(16-17(3)13(9)14)10-7-15-8(2)6-11(10)18/h6-7H,4-5,14H2,1-3H3,(H,15,18). The molecule has 5 nitrogen and oxygen atoms in total. The lowest BCUT2D eigenvalue weighted by Gasteiger charge is -2.02. The van der Waals surface area contributed by atoms with Gasteiger partial charge in [-0.25, -0.2) is 0 Å². The van der Waals surface area contributed by atoms with Crippen LogP contribution in [0.3, 0.4) is 0 Å². The summed E-state index contributed by atoms with van der Waals surface area (Å²) in [5, 5.41) is 4.36. The molecule has 2 rings (SSSR count). The molecule has 0 bridgehead atoms. The third-order valence-corrected chi connectivity index (χ3v) is 3.01. The van der Waals surface area contributed by atoms with Crippen LogP contribution < -0.4 is 11.2 Å². The third kappa shape index (κ3) is 2.03. The molecule has 2 aromatic rings. The van der Waals surface area contributed by atoms with Crippen LogP contribution in [0.25, 0.3) is 11.3 Å². The summed E-state index contributed by atoms with van der Waals surface area (Å²) < 4.78 is 1.62. The van der Waals surface area contributed by atoms with Gasteiger partial charge in [-0.15, -0.1) is 0 Å². The zero-order valence-electron chi connectivity index (χ0n) is 10.9. The summed E-state index contributed by atoms with van der Waals surface area (Å²) in [5.74, 6) is 0.631. The van der Waals surface area contributed by atoms with Crippen LogP contribution in [0, 0.1) is 6.92 Å². The van der Waals surface area contributed by atoms with Gasteiger partial charge >= 0.3 is 0 Å². The molecule has 0 aromatic carbocycles. The molecule has 0 radical (unpaired) electrons. The van der Waals surface area contributed by atoms with Crippen molar-refractivity contribution in [1.82, 2.24) is 14.8 Å². The SMILES string of the molecule is CCCc1c(-c2c[nH]c(C)cc2=O)nn(C)c1N. The van der Waals surface area contributed by atoms with E-state index in [1.54, 1.807) is 24.0 Å². The molecule has 0 fully saturated rings. The zero-order chi connectivity index (χ0) is 13.3. The van der Waals surface area contributed by atoms with E-state index in [4.69, 9.17) is 5.73 Å². The maximum absolute atomic E-state index is 12.0. The monoisotopic (exact) mass is 246 g/mol. The maximum Gasteiger partial charge on any atom is 0.191 e. The number of H-pyrrole nitrogens is 1. The second-order valence-corrected chi connectivity index (χ2v) is 4.48. The van der Waals surface area contributed by atoms with Crippen molar-refractivity contribution in [1.29, 1.82) is 0 Å². The molecule has 18 heavy (non-hydrogen) atoms. The van der Waals surface area contributed by atoms with Gasteiger partial charge in [-0.1, -0.05) is 13.3 Å². The van der Waals surface area contributed by atoms with Gasteiger partial charge in [-0.2, -0.15) is 5.10 Å². The Balaban J connectivity index is 2.63. The molecule has 0 amide bonds. The van der Waals surface area contributed by atoms with Crippen LogP contribution in [-0.2, 0) is 13.5 Å². The molecule has 3 N–H and O–H groups in total. The minimum atomic E-state index is -0.0262. The number of anilines is 1. The summed E-state index contributed by atoms with van der Waals surface area (Å²) in [5.41, 5.74) is 9.03. The van der Waals surface area contributed by atoms with Crippen LogP contribution in [0.1, 0.15) is 24.6 Å². The van der Waals surface area contributed by atoms with Gasteiger partial charge in [0.05, 0.1) is 5.56 Å². The number of hydrogen-bond acceptors (Lipinski definition) is 3. The van der Waals surface area contributed by atoms with E-state index in [9.17, 15) is 4.79 Å². The Morgan fingerprint density at radius 2 is 2.22 bits per heavy atom. The van der Waals surface area contributed by atoms with Gasteiger partial charge in [0.15, 0.2) is 5.43 Å². The number of aryl methyl sites for hydroxylation is 2. The van der Waals surface area contributed by atoms with E-state index in [1.165, 1.54) is 0 Å². The fraction of sp³-hybridized carbons (Fsp3) is 0.385. The van der Waals surface area contributed by atoms with Gasteiger partial charge in [-0.3, -0.25) is 9.48 Å². The second-order valence-electron chi connectivity index (χ2n) is 4.48. The van der Waals surface area contributed by atoms with E-state index in [-0.39, 0.29) is 5.43 Å². The van der Waals surface area contributed by atoms with Gasteiger partial charge in [0.1, 0.15) is 11.5 Å². The molecule has 0 saturated carbocycles. The smallest absolute Gasteiger partial charge is 0.191 e. The Bertz CT molecular complexity index is 624. The molecule has 0 aliphatic heterocycles. The normalized spacial score (nSPS) is 10.8. The first-order valence-corrected chi connectivity index (χ1v) is 6.05. The Kier molecular flexibility index (Phi) is 3.23. The summed E-state index contributed by atoms with van der Waals surface area (Å²) >= 11 is 0. The number of rotatable bonds is 3. The number of pyridine rings is 1. The molecule has 0 spiro atoms. The van der Waals surface area contributed by atoms with Crippen LogP contribution in [0.4, 0.5) is 5.82 Å². The van der Waals surface area contributed by atoms with Crippen molar-refractivity contribution in [2.24, 2.45) is 7.05 Å². The molecule has 0 saturated heterocycles. The molecule has 0 aliphatic carbocycles. The molecule has 5 heteroatoms. The van der Waals surface area contributed by atoms with Crippen LogP contribution in [0.15, 0.2) is 17.1 Å². The average molecular weight is 246 g/mol. The fourth-order valence-electron chi connectivity index (χ4n) is 2.05. The highest BCUT2D eigenvalue weighted by atomic mass is 16.1. The van der Waals surface area contributed by atoms with Gasteiger partial charge in [-0.05, 0) is 13.3 Å². The highest BCUT2D eigenvalue weighted by Gasteiger charge is 2.16. The molecular weight excluding hydrogens is 228 g/mol. The summed E-state index contributed by atoms with van der Waals surface area (Å²) in [6.45, 7) is 3.93. The van der Waals surface area contributed by atoms with Crippen molar-refractivity contribution in [3.05, 3.63) is 33.7 Å². The Labute approximate surface area is 106 Å². The average Bonchev–Trinajstić information content (AvgIpc) is 2.58. The van der Waals surface area contributed by atoms with E-state index in [0.29, 0.717) is 17.1 Å². The first kappa shape index (κ1) is 12.4. The Hall–Kier alpha value is -2.04. The van der Waals surface area contributed by atoms with Crippen molar-refractivity contribution < 1.29 is 0 Å². The van der Waals surface area contributed by atoms with Crippen LogP contribution in [0.2, 0.25) is 0 Å². The number of aromatic nitrogens is 3. The fourth-order valence-corrected chi connectivity index (χ4v) is 2.05. The molecule has 0 aliphatic rings. The lowest BCUT2D eigenvalue weighted by atomic mass is 10.1. The van der Waals surface area contributed by atoms with Crippen molar-refractivity contribution in [3.8, 4) is 11.3 Å². The van der Waals surface area contributed by atoms with Gasteiger partial charge < -0.3 is 10.7 Å². The Morgan fingerprint density at radius 3 is 2.83 bits per heavy atom. The topological polar surface area (TPSA) is 76.7 Å². The summed E-state index contributed by atoms with van der Waals surface area (Å²) in [7, 11) is 1.79. The van der Waals surface area contributed by atoms with Crippen LogP contribution in [0.5, 0.6) is 0 Å². The molecule has 2 aromatic heterocycles. The van der Waals surface area contributed by atoms with Crippen molar-refractivity contribution in [3.63, 3.8) is 0 Å². The number of aromatic amines is 1. The largest absolute Gasteiger partial charge is 0.384 e. The number of nitrogen functional groups attached to an aromatic ring is 1. The number of nitrogens with one attached hydrogen (secondary N) is 1. The minimum absolute atomic E-state index is 0.0262. The molecule has 0 unspecified atom stereocenters. The van der Waals surface area contributed by atoms with E-state index in [2.05, 4.69) is 17.0 Å². The first-order chi connectivity index (χ1) is 8.54. The highest BCUT2D eigenvalue weighted by Crippen LogP contribution is 2.25. The van der Waals surface area contributed by atoms with Gasteiger partial charge in [0.25, 0.3) is 0 Å². The summed E-state index contributed by atoms with van der Waals surface area (Å²) in [4.78, 5) is 15.1. The minimum Gasteiger partial charge on any atom is -0.384 e. The lowest BCUT2D eigenvalue weighted by Crippen LogP contribution is -2.07. The van der Waals surface area contributed by atoms with E-state index < -0.39 is 0 Å². The predicted octanol–water partition coefficient (Wildman–Crippen LogP) is 1.62. The van der Waals surface area contributed by atoms with Crippen molar-refractivity contribution in [2.45, 2.75) is 26.7 Å². The number of nitrogens with two attached hydrogens (primary N) is 1. The van der Waals surface area contributed by atoms with Crippen LogP contribution in [-0.4, -0.2) is 14.8 Å². The second kappa shape index (κ2) is 4.68. The van der Waals surface area contributed by atoms with Crippen LogP contribution >= 0.6 is 0 Å². The van der Waals surface area contributed by atoms with E-state index in [0.717, 1.165) is 24.1 Å². The number of hydrogen-bond donors (Lipinski definition) is 2. The number of nitrogens with zero attached hydrogens (tertiary/aromatic N) is 2. The zero-order valence-corrected chi connectivity index (χ0v) is 10.9. The highest BCUT2D eigenvalue weighted by molar-refractivity contribution is 5.67. The predicted molar refractivity (Wildman–Crippen MR) is 72.4 cm³/mol. The van der Waals surface area contributed by atoms with E-state index in [1.807, 2.05) is 6.92 Å². The van der Waals surface area contributed by atoms with E-state index >= 15 is 0 Å².